The van der Waals surface area contributed by atoms with E-state index in [1.165, 1.54) is 5.56 Å². The topological polar surface area (TPSA) is 47.3 Å². The molecule has 2 rings (SSSR count). The molecular weight excluding hydrogens is 224 g/mol. The summed E-state index contributed by atoms with van der Waals surface area (Å²) in [6.45, 7) is 4.98. The first-order valence-corrected chi connectivity index (χ1v) is 6.94. The Morgan fingerprint density at radius 1 is 1.39 bits per heavy atom. The molecule has 1 aromatic carbocycles. The number of aryl methyl sites for hydroxylation is 1. The molecule has 3 N–H and O–H groups in total. The molecule has 18 heavy (non-hydrogen) atoms. The van der Waals surface area contributed by atoms with E-state index in [9.17, 15) is 0 Å². The van der Waals surface area contributed by atoms with E-state index >= 15 is 0 Å². The summed E-state index contributed by atoms with van der Waals surface area (Å²) in [5.41, 5.74) is 8.29. The summed E-state index contributed by atoms with van der Waals surface area (Å²) >= 11 is 0. The Bertz CT molecular complexity index is 392. The van der Waals surface area contributed by atoms with Gasteiger partial charge in [-0.25, -0.2) is 0 Å². The fraction of sp³-hybridized carbons (Fsp3) is 0.600. The van der Waals surface area contributed by atoms with Crippen molar-refractivity contribution < 1.29 is 4.74 Å². The second kappa shape index (κ2) is 6.10. The summed E-state index contributed by atoms with van der Waals surface area (Å²) in [6.07, 6.45) is 4.36. The lowest BCUT2D eigenvalue weighted by atomic mass is 10.1. The summed E-state index contributed by atoms with van der Waals surface area (Å²) < 4.78 is 5.81. The van der Waals surface area contributed by atoms with Gasteiger partial charge in [-0.05, 0) is 50.3 Å². The summed E-state index contributed by atoms with van der Waals surface area (Å²) in [5, 5.41) is 3.57. The first-order chi connectivity index (χ1) is 8.69. The minimum atomic E-state index is 0.355. The molecule has 0 bridgehead atoms. The van der Waals surface area contributed by atoms with Gasteiger partial charge in [0, 0.05) is 12.1 Å². The molecule has 1 aliphatic carbocycles. The number of hydrogen-bond acceptors (Lipinski definition) is 3. The van der Waals surface area contributed by atoms with Gasteiger partial charge in [-0.1, -0.05) is 13.0 Å². The molecular formula is C15H24N2O. The summed E-state index contributed by atoms with van der Waals surface area (Å²) in [7, 11) is 0. The van der Waals surface area contributed by atoms with Gasteiger partial charge in [0.05, 0.1) is 12.3 Å². The fourth-order valence-corrected chi connectivity index (χ4v) is 2.45. The van der Waals surface area contributed by atoms with E-state index in [1.54, 1.807) is 0 Å². The van der Waals surface area contributed by atoms with Gasteiger partial charge in [0.15, 0.2) is 0 Å². The van der Waals surface area contributed by atoms with Crippen molar-refractivity contribution in [3.05, 3.63) is 23.8 Å². The van der Waals surface area contributed by atoms with Crippen molar-refractivity contribution in [1.82, 2.24) is 0 Å². The van der Waals surface area contributed by atoms with Crippen LogP contribution >= 0.6 is 0 Å². The van der Waals surface area contributed by atoms with Crippen LogP contribution in [0.3, 0.4) is 0 Å². The standard InChI is InChI=1S/C15H24N2O/c1-3-8-18-15-9-11(2)4-7-14(15)17-13-6-5-12(16)10-13/h4,7,9,12-13,17H,3,5-6,8,10,16H2,1-2H3. The maximum Gasteiger partial charge on any atom is 0.142 e. The van der Waals surface area contributed by atoms with Gasteiger partial charge in [-0.2, -0.15) is 0 Å². The van der Waals surface area contributed by atoms with Crippen molar-refractivity contribution in [2.45, 2.75) is 51.6 Å². The molecule has 0 heterocycles. The van der Waals surface area contributed by atoms with E-state index in [2.05, 4.69) is 37.4 Å². The third-order valence-corrected chi connectivity index (χ3v) is 3.43. The lowest BCUT2D eigenvalue weighted by Crippen LogP contribution is -2.21. The molecule has 1 saturated carbocycles. The molecule has 3 heteroatoms. The van der Waals surface area contributed by atoms with E-state index in [4.69, 9.17) is 10.5 Å². The van der Waals surface area contributed by atoms with Gasteiger partial charge in [0.2, 0.25) is 0 Å². The number of hydrogen-bond donors (Lipinski definition) is 2. The third-order valence-electron chi connectivity index (χ3n) is 3.43. The maximum atomic E-state index is 5.95. The van der Waals surface area contributed by atoms with Crippen molar-refractivity contribution in [3.63, 3.8) is 0 Å². The molecule has 0 saturated heterocycles. The van der Waals surface area contributed by atoms with Crippen molar-refractivity contribution in [2.24, 2.45) is 5.73 Å². The Morgan fingerprint density at radius 3 is 2.89 bits per heavy atom. The predicted molar refractivity (Wildman–Crippen MR) is 76.2 cm³/mol. The maximum absolute atomic E-state index is 5.95. The Morgan fingerprint density at radius 2 is 2.22 bits per heavy atom. The van der Waals surface area contributed by atoms with Gasteiger partial charge < -0.3 is 15.8 Å². The molecule has 0 aliphatic heterocycles. The zero-order valence-electron chi connectivity index (χ0n) is 11.4. The highest BCUT2D eigenvalue weighted by atomic mass is 16.5. The molecule has 0 radical (unpaired) electrons. The predicted octanol–water partition coefficient (Wildman–Crippen LogP) is 3.08. The van der Waals surface area contributed by atoms with Crippen LogP contribution in [0.25, 0.3) is 0 Å². The van der Waals surface area contributed by atoms with Crippen LogP contribution in [0.5, 0.6) is 5.75 Å². The minimum absolute atomic E-state index is 0.355. The third kappa shape index (κ3) is 3.39. The van der Waals surface area contributed by atoms with E-state index in [0.717, 1.165) is 43.7 Å². The van der Waals surface area contributed by atoms with Crippen LogP contribution in [0.15, 0.2) is 18.2 Å². The van der Waals surface area contributed by atoms with Crippen LogP contribution in [-0.4, -0.2) is 18.7 Å². The lowest BCUT2D eigenvalue weighted by Gasteiger charge is -2.18. The van der Waals surface area contributed by atoms with Crippen molar-refractivity contribution in [1.29, 1.82) is 0 Å². The zero-order valence-corrected chi connectivity index (χ0v) is 11.4. The highest BCUT2D eigenvalue weighted by Crippen LogP contribution is 2.29. The Kier molecular flexibility index (Phi) is 4.48. The summed E-state index contributed by atoms with van der Waals surface area (Å²) in [4.78, 5) is 0. The van der Waals surface area contributed by atoms with Gasteiger partial charge in [-0.15, -0.1) is 0 Å². The lowest BCUT2D eigenvalue weighted by molar-refractivity contribution is 0.318. The van der Waals surface area contributed by atoms with Crippen molar-refractivity contribution in [2.75, 3.05) is 11.9 Å². The molecule has 2 atom stereocenters. The largest absolute Gasteiger partial charge is 0.491 e. The first kappa shape index (κ1) is 13.2. The highest BCUT2D eigenvalue weighted by molar-refractivity contribution is 5.58. The summed E-state index contributed by atoms with van der Waals surface area (Å²) in [5.74, 6) is 0.970. The first-order valence-electron chi connectivity index (χ1n) is 6.94. The number of rotatable bonds is 5. The normalized spacial score (nSPS) is 23.1. The van der Waals surface area contributed by atoms with Crippen LogP contribution < -0.4 is 15.8 Å². The Hall–Kier alpha value is -1.22. The van der Waals surface area contributed by atoms with Crippen LogP contribution in [0.2, 0.25) is 0 Å². The fourth-order valence-electron chi connectivity index (χ4n) is 2.45. The average Bonchev–Trinajstić information content (AvgIpc) is 2.75. The van der Waals surface area contributed by atoms with Crippen LogP contribution in [0.4, 0.5) is 5.69 Å². The van der Waals surface area contributed by atoms with E-state index in [0.29, 0.717) is 12.1 Å². The molecule has 0 amide bonds. The number of anilines is 1. The zero-order chi connectivity index (χ0) is 13.0. The molecule has 1 aromatic rings. The summed E-state index contributed by atoms with van der Waals surface area (Å²) in [6, 6.07) is 7.19. The van der Waals surface area contributed by atoms with Gasteiger partial charge >= 0.3 is 0 Å². The molecule has 3 nitrogen and oxygen atoms in total. The second-order valence-corrected chi connectivity index (χ2v) is 5.26. The molecule has 1 fully saturated rings. The minimum Gasteiger partial charge on any atom is -0.491 e. The number of nitrogens with two attached hydrogens (primary N) is 1. The van der Waals surface area contributed by atoms with Crippen LogP contribution in [0.1, 0.15) is 38.2 Å². The molecule has 100 valence electrons. The van der Waals surface area contributed by atoms with Crippen LogP contribution in [-0.2, 0) is 0 Å². The Balaban J connectivity index is 2.06. The van der Waals surface area contributed by atoms with Crippen LogP contribution in [0, 0.1) is 6.92 Å². The van der Waals surface area contributed by atoms with E-state index < -0.39 is 0 Å². The van der Waals surface area contributed by atoms with Crippen molar-refractivity contribution >= 4 is 5.69 Å². The molecule has 0 aromatic heterocycles. The van der Waals surface area contributed by atoms with E-state index in [-0.39, 0.29) is 0 Å². The van der Waals surface area contributed by atoms with Gasteiger partial charge in [0.1, 0.15) is 5.75 Å². The second-order valence-electron chi connectivity index (χ2n) is 5.26. The number of benzene rings is 1. The van der Waals surface area contributed by atoms with E-state index in [1.807, 2.05) is 0 Å². The molecule has 0 spiro atoms. The quantitative estimate of drug-likeness (QED) is 0.842. The number of nitrogens with one attached hydrogen (secondary N) is 1. The van der Waals surface area contributed by atoms with Gasteiger partial charge in [-0.3, -0.25) is 0 Å². The van der Waals surface area contributed by atoms with Gasteiger partial charge in [0.25, 0.3) is 0 Å². The monoisotopic (exact) mass is 248 g/mol. The SMILES string of the molecule is CCCOc1cc(C)ccc1NC1CCC(N)C1. The smallest absolute Gasteiger partial charge is 0.142 e. The van der Waals surface area contributed by atoms with Crippen molar-refractivity contribution in [3.8, 4) is 5.75 Å². The molecule has 2 unspecified atom stereocenters. The Labute approximate surface area is 110 Å². The molecule has 1 aliphatic rings. The average molecular weight is 248 g/mol. The number of ether oxygens (including phenoxy) is 1. The highest BCUT2D eigenvalue weighted by Gasteiger charge is 2.22.